The number of aliphatic imine (C=N–C) groups is 1. The fraction of sp³-hybridized carbons (Fsp3) is 0.182. The molecule has 4 rings (SSSR count). The number of hydrazine groups is 1. The summed E-state index contributed by atoms with van der Waals surface area (Å²) in [5, 5.41) is 1.57. The molecule has 2 aliphatic rings. The summed E-state index contributed by atoms with van der Waals surface area (Å²) < 4.78 is 13.2. The Bertz CT molecular complexity index is 1100. The molecule has 0 amide bonds. The standard InChI is InChI=1S/C22H24N6O2/c1-4-6-14(5-2)17-12-30-22(26-17)21-20-9-15(11-23)28(24)19-10-16(29-3)7-8-18(19)27(20)13-25-21/h4-8,10-11,13,17H,1-2,9,12,23-24H2,3H3/b14-6+,15-11-/t17-/m0/s1. The van der Waals surface area contributed by atoms with Gasteiger partial charge in [0.1, 0.15) is 30.4 Å². The van der Waals surface area contributed by atoms with E-state index in [2.05, 4.69) is 18.1 Å². The number of rotatable bonds is 5. The van der Waals surface area contributed by atoms with E-state index in [1.807, 2.05) is 28.8 Å². The van der Waals surface area contributed by atoms with Gasteiger partial charge in [0, 0.05) is 18.7 Å². The van der Waals surface area contributed by atoms with Gasteiger partial charge in [0.2, 0.25) is 5.90 Å². The van der Waals surface area contributed by atoms with E-state index in [1.54, 1.807) is 30.6 Å². The fourth-order valence-electron chi connectivity index (χ4n) is 3.63. The van der Waals surface area contributed by atoms with Crippen molar-refractivity contribution in [2.45, 2.75) is 12.5 Å². The van der Waals surface area contributed by atoms with E-state index in [1.165, 1.54) is 6.20 Å². The number of nitrogens with two attached hydrogens (primary N) is 2. The molecule has 4 N–H and O–H groups in total. The summed E-state index contributed by atoms with van der Waals surface area (Å²) in [7, 11) is 1.62. The Morgan fingerprint density at radius 1 is 1.33 bits per heavy atom. The minimum absolute atomic E-state index is 0.147. The van der Waals surface area contributed by atoms with Gasteiger partial charge in [0.25, 0.3) is 0 Å². The number of hydrogen-bond donors (Lipinski definition) is 2. The van der Waals surface area contributed by atoms with Gasteiger partial charge < -0.3 is 15.2 Å². The van der Waals surface area contributed by atoms with Crippen LogP contribution >= 0.6 is 0 Å². The van der Waals surface area contributed by atoms with E-state index in [0.717, 1.165) is 28.3 Å². The van der Waals surface area contributed by atoms with Gasteiger partial charge in [-0.2, -0.15) is 0 Å². The smallest absolute Gasteiger partial charge is 0.238 e. The third-order valence-electron chi connectivity index (χ3n) is 5.20. The molecule has 1 aromatic heterocycles. The summed E-state index contributed by atoms with van der Waals surface area (Å²) in [6.45, 7) is 8.01. The van der Waals surface area contributed by atoms with Crippen molar-refractivity contribution in [1.82, 2.24) is 9.55 Å². The molecule has 8 nitrogen and oxygen atoms in total. The van der Waals surface area contributed by atoms with Crippen molar-refractivity contribution in [3.63, 3.8) is 0 Å². The monoisotopic (exact) mass is 404 g/mol. The highest BCUT2D eigenvalue weighted by molar-refractivity contribution is 5.95. The van der Waals surface area contributed by atoms with Crippen molar-refractivity contribution in [3.05, 3.63) is 84.8 Å². The highest BCUT2D eigenvalue weighted by atomic mass is 16.5. The maximum absolute atomic E-state index is 6.39. The van der Waals surface area contributed by atoms with E-state index >= 15 is 0 Å². The Balaban J connectivity index is 1.82. The highest BCUT2D eigenvalue weighted by Gasteiger charge is 2.30. The average molecular weight is 404 g/mol. The van der Waals surface area contributed by atoms with Gasteiger partial charge in [-0.3, -0.25) is 9.58 Å². The molecule has 0 bridgehead atoms. The second-order valence-electron chi connectivity index (χ2n) is 6.84. The van der Waals surface area contributed by atoms with E-state index in [0.29, 0.717) is 30.4 Å². The number of nitrogens with zero attached hydrogens (tertiary/aromatic N) is 4. The first-order chi connectivity index (χ1) is 14.6. The van der Waals surface area contributed by atoms with Gasteiger partial charge in [-0.05, 0) is 17.7 Å². The molecule has 1 aromatic carbocycles. The molecule has 154 valence electrons. The summed E-state index contributed by atoms with van der Waals surface area (Å²) in [5.41, 5.74) is 10.7. The van der Waals surface area contributed by atoms with Gasteiger partial charge >= 0.3 is 0 Å². The van der Waals surface area contributed by atoms with Crippen molar-refractivity contribution in [1.29, 1.82) is 0 Å². The number of aromatic nitrogens is 2. The molecule has 0 radical (unpaired) electrons. The highest BCUT2D eigenvalue weighted by Crippen LogP contribution is 2.35. The van der Waals surface area contributed by atoms with Crippen LogP contribution in [0, 0.1) is 0 Å². The number of hydrogen-bond acceptors (Lipinski definition) is 7. The molecule has 3 heterocycles. The van der Waals surface area contributed by atoms with Crippen LogP contribution in [0.3, 0.4) is 0 Å². The number of ether oxygens (including phenoxy) is 2. The lowest BCUT2D eigenvalue weighted by Crippen LogP contribution is -2.31. The second kappa shape index (κ2) is 7.92. The third kappa shape index (κ3) is 3.17. The minimum Gasteiger partial charge on any atom is -0.497 e. The lowest BCUT2D eigenvalue weighted by Gasteiger charge is -2.21. The molecule has 8 heteroatoms. The lowest BCUT2D eigenvalue weighted by atomic mass is 10.1. The van der Waals surface area contributed by atoms with Gasteiger partial charge in [-0.15, -0.1) is 0 Å². The summed E-state index contributed by atoms with van der Waals surface area (Å²) in [5.74, 6) is 7.57. The fourth-order valence-corrected chi connectivity index (χ4v) is 3.63. The number of methoxy groups -OCH3 is 1. The zero-order valence-electron chi connectivity index (χ0n) is 16.8. The average Bonchev–Trinajstić information content (AvgIpc) is 3.39. The molecular weight excluding hydrogens is 380 g/mol. The Morgan fingerprint density at radius 3 is 2.87 bits per heavy atom. The molecule has 0 aliphatic carbocycles. The van der Waals surface area contributed by atoms with E-state index in [9.17, 15) is 0 Å². The molecule has 0 saturated carbocycles. The van der Waals surface area contributed by atoms with Crippen LogP contribution in [0.5, 0.6) is 5.75 Å². The quantitative estimate of drug-likeness (QED) is 0.586. The predicted octanol–water partition coefficient (Wildman–Crippen LogP) is 2.36. The van der Waals surface area contributed by atoms with Crippen LogP contribution in [-0.2, 0) is 11.2 Å². The van der Waals surface area contributed by atoms with E-state index in [4.69, 9.17) is 26.0 Å². The Morgan fingerprint density at radius 2 is 2.17 bits per heavy atom. The molecule has 0 unspecified atom stereocenters. The molecule has 0 fully saturated rings. The number of fused-ring (bicyclic) bond motifs is 3. The molecule has 0 spiro atoms. The third-order valence-corrected chi connectivity index (χ3v) is 5.20. The SMILES string of the molecule is C=C/C=C(\C=C)[C@@H]1COC(c2ncn3c2C/C(=C/N)N(N)c2cc(OC)ccc2-3)=N1. The number of imidazole rings is 1. The van der Waals surface area contributed by atoms with E-state index < -0.39 is 0 Å². The van der Waals surface area contributed by atoms with Crippen LogP contribution in [-0.4, -0.2) is 35.2 Å². The van der Waals surface area contributed by atoms with Gasteiger partial charge in [-0.25, -0.2) is 15.8 Å². The van der Waals surface area contributed by atoms with Gasteiger partial charge in [0.15, 0.2) is 0 Å². The number of benzene rings is 1. The molecule has 30 heavy (non-hydrogen) atoms. The maximum Gasteiger partial charge on any atom is 0.238 e. The van der Waals surface area contributed by atoms with Crippen LogP contribution in [0.15, 0.2) is 78.4 Å². The van der Waals surface area contributed by atoms with Crippen LogP contribution in [0.2, 0.25) is 0 Å². The zero-order valence-corrected chi connectivity index (χ0v) is 16.8. The first kappa shape index (κ1) is 19.5. The molecule has 2 aliphatic heterocycles. The largest absolute Gasteiger partial charge is 0.497 e. The van der Waals surface area contributed by atoms with Crippen LogP contribution < -0.4 is 21.3 Å². The Hall–Kier alpha value is -3.78. The Kier molecular flexibility index (Phi) is 5.16. The van der Waals surface area contributed by atoms with Crippen LogP contribution in [0.1, 0.15) is 11.4 Å². The summed E-state index contributed by atoms with van der Waals surface area (Å²) in [6, 6.07) is 5.53. The maximum atomic E-state index is 6.39. The first-order valence-corrected chi connectivity index (χ1v) is 9.47. The lowest BCUT2D eigenvalue weighted by molar-refractivity contribution is 0.328. The van der Waals surface area contributed by atoms with Crippen LogP contribution in [0.25, 0.3) is 5.69 Å². The molecule has 1 atom stereocenters. The number of anilines is 1. The van der Waals surface area contributed by atoms with Crippen LogP contribution in [0.4, 0.5) is 5.69 Å². The summed E-state index contributed by atoms with van der Waals surface area (Å²) >= 11 is 0. The molecule has 0 saturated heterocycles. The topological polar surface area (TPSA) is 104 Å². The predicted molar refractivity (Wildman–Crippen MR) is 118 cm³/mol. The summed E-state index contributed by atoms with van der Waals surface area (Å²) in [6.07, 6.45) is 9.07. The van der Waals surface area contributed by atoms with E-state index in [-0.39, 0.29) is 6.04 Å². The first-order valence-electron chi connectivity index (χ1n) is 9.47. The van der Waals surface area contributed by atoms with Crippen molar-refractivity contribution in [2.24, 2.45) is 16.6 Å². The van der Waals surface area contributed by atoms with Crippen molar-refractivity contribution in [3.8, 4) is 11.4 Å². The van der Waals surface area contributed by atoms with Crippen molar-refractivity contribution < 1.29 is 9.47 Å². The number of allylic oxidation sites excluding steroid dienone is 3. The minimum atomic E-state index is -0.147. The van der Waals surface area contributed by atoms with Gasteiger partial charge in [0.05, 0.1) is 29.9 Å². The molecular formula is C22H24N6O2. The zero-order chi connectivity index (χ0) is 21.3. The summed E-state index contributed by atoms with van der Waals surface area (Å²) in [4.78, 5) is 9.33. The molecule has 2 aromatic rings. The van der Waals surface area contributed by atoms with Crippen molar-refractivity contribution in [2.75, 3.05) is 18.7 Å². The normalized spacial score (nSPS) is 19.5. The second-order valence-corrected chi connectivity index (χ2v) is 6.84. The Labute approximate surface area is 175 Å². The van der Waals surface area contributed by atoms with Crippen molar-refractivity contribution >= 4 is 11.6 Å². The van der Waals surface area contributed by atoms with Gasteiger partial charge in [-0.1, -0.05) is 31.4 Å².